The van der Waals surface area contributed by atoms with Gasteiger partial charge in [0.15, 0.2) is 11.5 Å². The van der Waals surface area contributed by atoms with Crippen LogP contribution in [0.3, 0.4) is 0 Å². The Balaban J connectivity index is 2.01. The number of unbranched alkanes of at least 4 members (excludes halogenated alkanes) is 4. The van der Waals surface area contributed by atoms with E-state index in [4.69, 9.17) is 9.47 Å². The smallest absolute Gasteiger partial charge is 0.161 e. The first-order chi connectivity index (χ1) is 9.38. The molecule has 0 saturated carbocycles. The Bertz CT molecular complexity index is 328. The molecule has 0 aliphatic carbocycles. The molecule has 0 saturated heterocycles. The average molecular weight is 265 g/mol. The lowest BCUT2D eigenvalue weighted by Gasteiger charge is -2.10. The fraction of sp³-hybridized carbons (Fsp3) is 0.625. The molecule has 0 bridgehead atoms. The van der Waals surface area contributed by atoms with Gasteiger partial charge in [0, 0.05) is 6.54 Å². The molecule has 0 radical (unpaired) electrons. The average Bonchev–Trinajstić information content (AvgIpc) is 2.46. The van der Waals surface area contributed by atoms with Gasteiger partial charge in [-0.15, -0.1) is 0 Å². The molecule has 0 atom stereocenters. The summed E-state index contributed by atoms with van der Waals surface area (Å²) in [7, 11) is 1.66. The van der Waals surface area contributed by atoms with Crippen LogP contribution in [-0.4, -0.2) is 26.8 Å². The van der Waals surface area contributed by atoms with Crippen molar-refractivity contribution >= 4 is 0 Å². The maximum Gasteiger partial charge on any atom is 0.161 e. The Kier molecular flexibility index (Phi) is 8.90. The molecule has 0 spiro atoms. The molecule has 1 aromatic carbocycles. The molecule has 3 nitrogen and oxygen atoms in total. The predicted molar refractivity (Wildman–Crippen MR) is 80.1 cm³/mol. The van der Waals surface area contributed by atoms with Crippen molar-refractivity contribution in [2.24, 2.45) is 0 Å². The van der Waals surface area contributed by atoms with Crippen molar-refractivity contribution in [1.29, 1.82) is 0 Å². The van der Waals surface area contributed by atoms with Gasteiger partial charge in [0.1, 0.15) is 6.61 Å². The molecule has 0 heterocycles. The van der Waals surface area contributed by atoms with E-state index in [2.05, 4.69) is 12.2 Å². The maximum atomic E-state index is 5.69. The first-order valence-electron chi connectivity index (χ1n) is 7.35. The largest absolute Gasteiger partial charge is 0.493 e. The van der Waals surface area contributed by atoms with Crippen LogP contribution in [0.5, 0.6) is 11.5 Å². The number of para-hydroxylation sites is 2. The van der Waals surface area contributed by atoms with Crippen LogP contribution < -0.4 is 14.8 Å². The topological polar surface area (TPSA) is 30.5 Å². The second kappa shape index (κ2) is 10.7. The molecule has 0 unspecified atom stereocenters. The molecular weight excluding hydrogens is 238 g/mol. The highest BCUT2D eigenvalue weighted by Gasteiger charge is 2.01. The van der Waals surface area contributed by atoms with Crippen LogP contribution in [0.15, 0.2) is 24.3 Å². The van der Waals surface area contributed by atoms with Crippen molar-refractivity contribution in [1.82, 2.24) is 5.32 Å². The van der Waals surface area contributed by atoms with Gasteiger partial charge >= 0.3 is 0 Å². The van der Waals surface area contributed by atoms with Crippen molar-refractivity contribution in [3.8, 4) is 11.5 Å². The predicted octanol–water partition coefficient (Wildman–Crippen LogP) is 3.63. The van der Waals surface area contributed by atoms with Gasteiger partial charge in [0.05, 0.1) is 7.11 Å². The third-order valence-electron chi connectivity index (χ3n) is 3.06. The fourth-order valence-electron chi connectivity index (χ4n) is 1.95. The molecule has 1 aromatic rings. The highest BCUT2D eigenvalue weighted by molar-refractivity contribution is 5.39. The third-order valence-corrected chi connectivity index (χ3v) is 3.06. The molecule has 0 aliphatic rings. The van der Waals surface area contributed by atoms with Gasteiger partial charge in [-0.2, -0.15) is 0 Å². The van der Waals surface area contributed by atoms with Gasteiger partial charge in [0.2, 0.25) is 0 Å². The van der Waals surface area contributed by atoms with E-state index in [1.54, 1.807) is 7.11 Å². The zero-order valence-electron chi connectivity index (χ0n) is 12.3. The van der Waals surface area contributed by atoms with Crippen LogP contribution in [0.25, 0.3) is 0 Å². The third kappa shape index (κ3) is 7.06. The van der Waals surface area contributed by atoms with Gasteiger partial charge < -0.3 is 14.8 Å². The molecule has 1 N–H and O–H groups in total. The molecule has 0 fully saturated rings. The summed E-state index contributed by atoms with van der Waals surface area (Å²) in [5.41, 5.74) is 0. The van der Waals surface area contributed by atoms with E-state index in [1.807, 2.05) is 24.3 Å². The molecule has 0 aliphatic heterocycles. The number of hydrogen-bond donors (Lipinski definition) is 1. The Morgan fingerprint density at radius 3 is 2.42 bits per heavy atom. The molecule has 0 amide bonds. The van der Waals surface area contributed by atoms with E-state index in [-0.39, 0.29) is 0 Å². The molecule has 1 rings (SSSR count). The zero-order valence-corrected chi connectivity index (χ0v) is 12.3. The Morgan fingerprint density at radius 2 is 1.68 bits per heavy atom. The SMILES string of the molecule is CCCCCCCNCCOc1ccccc1OC. The molecule has 0 aromatic heterocycles. The van der Waals surface area contributed by atoms with Crippen LogP contribution in [0.4, 0.5) is 0 Å². The summed E-state index contributed by atoms with van der Waals surface area (Å²) in [6.45, 7) is 4.88. The van der Waals surface area contributed by atoms with Gasteiger partial charge in [-0.1, -0.05) is 44.7 Å². The first kappa shape index (κ1) is 15.8. The second-order valence-corrected chi connectivity index (χ2v) is 4.66. The summed E-state index contributed by atoms with van der Waals surface area (Å²) in [4.78, 5) is 0. The standard InChI is InChI=1S/C16H27NO2/c1-3-4-5-6-9-12-17-13-14-19-16-11-8-7-10-15(16)18-2/h7-8,10-11,17H,3-6,9,12-14H2,1-2H3. The maximum absolute atomic E-state index is 5.69. The number of ether oxygens (including phenoxy) is 2. The van der Waals surface area contributed by atoms with E-state index >= 15 is 0 Å². The van der Waals surface area contributed by atoms with Crippen LogP contribution in [0, 0.1) is 0 Å². The number of nitrogens with one attached hydrogen (secondary N) is 1. The zero-order chi connectivity index (χ0) is 13.8. The Morgan fingerprint density at radius 1 is 0.947 bits per heavy atom. The van der Waals surface area contributed by atoms with Gasteiger partial charge in [-0.05, 0) is 25.1 Å². The Hall–Kier alpha value is -1.22. The highest BCUT2D eigenvalue weighted by atomic mass is 16.5. The van der Waals surface area contributed by atoms with E-state index in [0.29, 0.717) is 6.61 Å². The molecular formula is C16H27NO2. The lowest BCUT2D eigenvalue weighted by atomic mass is 10.1. The summed E-state index contributed by atoms with van der Waals surface area (Å²) in [6, 6.07) is 7.75. The minimum atomic E-state index is 0.676. The lowest BCUT2D eigenvalue weighted by Crippen LogP contribution is -2.22. The summed E-state index contributed by atoms with van der Waals surface area (Å²) >= 11 is 0. The minimum Gasteiger partial charge on any atom is -0.493 e. The second-order valence-electron chi connectivity index (χ2n) is 4.66. The van der Waals surface area contributed by atoms with Crippen molar-refractivity contribution in [2.45, 2.75) is 39.0 Å². The van der Waals surface area contributed by atoms with Gasteiger partial charge in [-0.3, -0.25) is 0 Å². The number of benzene rings is 1. The van der Waals surface area contributed by atoms with Crippen molar-refractivity contribution < 1.29 is 9.47 Å². The van der Waals surface area contributed by atoms with E-state index in [9.17, 15) is 0 Å². The van der Waals surface area contributed by atoms with Crippen molar-refractivity contribution in [3.05, 3.63) is 24.3 Å². The first-order valence-corrected chi connectivity index (χ1v) is 7.35. The molecule has 19 heavy (non-hydrogen) atoms. The highest BCUT2D eigenvalue weighted by Crippen LogP contribution is 2.25. The number of hydrogen-bond acceptors (Lipinski definition) is 3. The van der Waals surface area contributed by atoms with E-state index in [0.717, 1.165) is 24.6 Å². The number of rotatable bonds is 11. The van der Waals surface area contributed by atoms with Crippen molar-refractivity contribution in [2.75, 3.05) is 26.8 Å². The summed E-state index contributed by atoms with van der Waals surface area (Å²) in [5.74, 6) is 1.61. The summed E-state index contributed by atoms with van der Waals surface area (Å²) < 4.78 is 10.9. The van der Waals surface area contributed by atoms with Gasteiger partial charge in [0.25, 0.3) is 0 Å². The fourth-order valence-corrected chi connectivity index (χ4v) is 1.95. The number of methoxy groups -OCH3 is 1. The summed E-state index contributed by atoms with van der Waals surface area (Å²) in [5, 5.41) is 3.40. The lowest BCUT2D eigenvalue weighted by molar-refractivity contribution is 0.292. The summed E-state index contributed by atoms with van der Waals surface area (Å²) in [6.07, 6.45) is 6.61. The van der Waals surface area contributed by atoms with Crippen LogP contribution >= 0.6 is 0 Å². The quantitative estimate of drug-likeness (QED) is 0.620. The van der Waals surface area contributed by atoms with E-state index < -0.39 is 0 Å². The van der Waals surface area contributed by atoms with Crippen LogP contribution in [0.1, 0.15) is 39.0 Å². The molecule has 3 heteroatoms. The minimum absolute atomic E-state index is 0.676. The monoisotopic (exact) mass is 265 g/mol. The van der Waals surface area contributed by atoms with Crippen molar-refractivity contribution in [3.63, 3.8) is 0 Å². The Labute approximate surface area is 117 Å². The van der Waals surface area contributed by atoms with Gasteiger partial charge in [-0.25, -0.2) is 0 Å². The molecule has 108 valence electrons. The van der Waals surface area contributed by atoms with E-state index in [1.165, 1.54) is 32.1 Å². The normalized spacial score (nSPS) is 10.4. The van der Waals surface area contributed by atoms with Crippen LogP contribution in [-0.2, 0) is 0 Å². The van der Waals surface area contributed by atoms with Crippen LogP contribution in [0.2, 0.25) is 0 Å².